The van der Waals surface area contributed by atoms with E-state index in [0.29, 0.717) is 0 Å². The van der Waals surface area contributed by atoms with Gasteiger partial charge < -0.3 is 0 Å². The Hall–Kier alpha value is -0.950. The molecule has 0 saturated heterocycles. The molecule has 1 heterocycles. The Labute approximate surface area is 108 Å². The first kappa shape index (κ1) is 11.5. The number of thiophene rings is 1. The van der Waals surface area contributed by atoms with E-state index in [2.05, 4.69) is 6.07 Å². The second kappa shape index (κ2) is 5.40. The van der Waals surface area contributed by atoms with Crippen molar-refractivity contribution in [1.29, 1.82) is 5.26 Å². The van der Waals surface area contributed by atoms with Gasteiger partial charge in [0.2, 0.25) is 0 Å². The zero-order chi connectivity index (χ0) is 11.4. The maximum atomic E-state index is 8.87. The average molecular weight is 266 g/mol. The summed E-state index contributed by atoms with van der Waals surface area (Å²) in [6, 6.07) is 11.9. The van der Waals surface area contributed by atoms with Crippen molar-refractivity contribution >= 4 is 34.7 Å². The molecule has 4 heteroatoms. The molecule has 2 aromatic rings. The molecule has 1 nitrogen and oxygen atoms in total. The van der Waals surface area contributed by atoms with Crippen molar-refractivity contribution in [2.75, 3.05) is 0 Å². The molecule has 0 aliphatic rings. The van der Waals surface area contributed by atoms with Gasteiger partial charge in [0, 0.05) is 15.7 Å². The first-order valence-corrected chi connectivity index (χ1v) is 6.89. The number of nitriles is 1. The highest BCUT2D eigenvalue weighted by atomic mass is 35.5. The molecular weight excluding hydrogens is 258 g/mol. The summed E-state index contributed by atoms with van der Waals surface area (Å²) in [4.78, 5) is 1.97. The molecule has 0 spiro atoms. The lowest BCUT2D eigenvalue weighted by molar-refractivity contribution is 1.39. The number of thioether (sulfide) groups is 1. The Balaban J connectivity index is 2.03. The number of hydrogen-bond donors (Lipinski definition) is 0. The van der Waals surface area contributed by atoms with Crippen molar-refractivity contribution in [2.24, 2.45) is 0 Å². The van der Waals surface area contributed by atoms with Gasteiger partial charge in [-0.15, -0.1) is 23.1 Å². The number of nitrogens with zero attached hydrogens (tertiary/aromatic N) is 1. The highest BCUT2D eigenvalue weighted by molar-refractivity contribution is 7.98. The largest absolute Gasteiger partial charge is 0.192 e. The van der Waals surface area contributed by atoms with E-state index in [1.807, 2.05) is 35.7 Å². The van der Waals surface area contributed by atoms with E-state index in [4.69, 9.17) is 16.9 Å². The number of hydrogen-bond acceptors (Lipinski definition) is 3. The molecule has 0 aliphatic heterocycles. The predicted octanol–water partition coefficient (Wildman–Crippen LogP) is 4.57. The molecule has 16 heavy (non-hydrogen) atoms. The van der Waals surface area contributed by atoms with Crippen molar-refractivity contribution in [3.63, 3.8) is 0 Å². The SMILES string of the molecule is N#Cc1sccc1CSc1ccc(Cl)cc1. The average Bonchev–Trinajstić information content (AvgIpc) is 2.76. The topological polar surface area (TPSA) is 23.8 Å². The zero-order valence-electron chi connectivity index (χ0n) is 8.31. The van der Waals surface area contributed by atoms with E-state index in [0.717, 1.165) is 21.2 Å². The number of rotatable bonds is 3. The molecule has 2 rings (SSSR count). The van der Waals surface area contributed by atoms with Gasteiger partial charge in [0.05, 0.1) is 0 Å². The van der Waals surface area contributed by atoms with Crippen LogP contribution >= 0.6 is 34.7 Å². The molecule has 0 amide bonds. The Bertz CT molecular complexity index is 511. The Kier molecular flexibility index (Phi) is 3.89. The van der Waals surface area contributed by atoms with Crippen LogP contribution in [0.4, 0.5) is 0 Å². The monoisotopic (exact) mass is 265 g/mol. The van der Waals surface area contributed by atoms with E-state index in [-0.39, 0.29) is 0 Å². The van der Waals surface area contributed by atoms with Gasteiger partial charge in [-0.3, -0.25) is 0 Å². The maximum absolute atomic E-state index is 8.87. The molecular formula is C12H8ClNS2. The summed E-state index contributed by atoms with van der Waals surface area (Å²) in [5.74, 6) is 0.827. The number of halogens is 1. The van der Waals surface area contributed by atoms with E-state index < -0.39 is 0 Å². The molecule has 0 atom stereocenters. The van der Waals surface area contributed by atoms with E-state index in [9.17, 15) is 0 Å². The zero-order valence-corrected chi connectivity index (χ0v) is 10.7. The molecule has 0 aliphatic carbocycles. The number of benzene rings is 1. The Morgan fingerprint density at radius 3 is 2.69 bits per heavy atom. The van der Waals surface area contributed by atoms with Crippen LogP contribution in [0.2, 0.25) is 5.02 Å². The van der Waals surface area contributed by atoms with Gasteiger partial charge in [-0.1, -0.05) is 11.6 Å². The van der Waals surface area contributed by atoms with Crippen LogP contribution in [-0.2, 0) is 5.75 Å². The highest BCUT2D eigenvalue weighted by Gasteiger charge is 2.03. The third-order valence-corrected chi connectivity index (χ3v) is 4.23. The molecule has 0 unspecified atom stereocenters. The fourth-order valence-corrected chi connectivity index (χ4v) is 3.06. The van der Waals surface area contributed by atoms with Crippen LogP contribution in [0.25, 0.3) is 0 Å². The molecule has 0 radical (unpaired) electrons. The van der Waals surface area contributed by atoms with Crippen molar-refractivity contribution in [3.05, 3.63) is 51.2 Å². The van der Waals surface area contributed by atoms with Gasteiger partial charge in [-0.25, -0.2) is 0 Å². The smallest absolute Gasteiger partial charge is 0.110 e. The van der Waals surface area contributed by atoms with Crippen LogP contribution in [0.5, 0.6) is 0 Å². The maximum Gasteiger partial charge on any atom is 0.110 e. The van der Waals surface area contributed by atoms with Crippen LogP contribution in [-0.4, -0.2) is 0 Å². The van der Waals surface area contributed by atoms with Crippen LogP contribution < -0.4 is 0 Å². The Morgan fingerprint density at radius 1 is 1.25 bits per heavy atom. The predicted molar refractivity (Wildman–Crippen MR) is 70.0 cm³/mol. The summed E-state index contributed by atoms with van der Waals surface area (Å²) in [6.07, 6.45) is 0. The standard InChI is InChI=1S/C12H8ClNS2/c13-10-1-3-11(4-2-10)16-8-9-5-6-15-12(9)7-14/h1-6H,8H2. The van der Waals surface area contributed by atoms with E-state index in [1.54, 1.807) is 11.8 Å². The van der Waals surface area contributed by atoms with Gasteiger partial charge in [0.15, 0.2) is 0 Å². The van der Waals surface area contributed by atoms with Crippen molar-refractivity contribution in [3.8, 4) is 6.07 Å². The summed E-state index contributed by atoms with van der Waals surface area (Å²) in [6.45, 7) is 0. The second-order valence-corrected chi connectivity index (χ2v) is 5.53. The fourth-order valence-electron chi connectivity index (χ4n) is 1.24. The minimum Gasteiger partial charge on any atom is -0.192 e. The minimum atomic E-state index is 0.748. The minimum absolute atomic E-state index is 0.748. The van der Waals surface area contributed by atoms with Crippen LogP contribution in [0, 0.1) is 11.3 Å². The van der Waals surface area contributed by atoms with Crippen LogP contribution in [0.15, 0.2) is 40.6 Å². The third-order valence-electron chi connectivity index (χ3n) is 2.06. The lowest BCUT2D eigenvalue weighted by atomic mass is 10.3. The van der Waals surface area contributed by atoms with Gasteiger partial charge in [0.1, 0.15) is 10.9 Å². The molecule has 0 N–H and O–H groups in total. The van der Waals surface area contributed by atoms with E-state index in [1.165, 1.54) is 16.2 Å². The van der Waals surface area contributed by atoms with Crippen LogP contribution in [0.1, 0.15) is 10.4 Å². The summed E-state index contributed by atoms with van der Waals surface area (Å²) in [7, 11) is 0. The molecule has 0 saturated carbocycles. The van der Waals surface area contributed by atoms with Gasteiger partial charge >= 0.3 is 0 Å². The first-order chi connectivity index (χ1) is 7.79. The third kappa shape index (κ3) is 2.79. The second-order valence-electron chi connectivity index (χ2n) is 3.13. The molecule has 1 aromatic heterocycles. The lowest BCUT2D eigenvalue weighted by Gasteiger charge is -2.00. The molecule has 0 bridgehead atoms. The summed E-state index contributed by atoms with van der Waals surface area (Å²) in [5.41, 5.74) is 1.10. The van der Waals surface area contributed by atoms with Crippen molar-refractivity contribution in [1.82, 2.24) is 0 Å². The normalized spacial score (nSPS) is 10.0. The van der Waals surface area contributed by atoms with Gasteiger partial charge in [-0.05, 0) is 41.3 Å². The first-order valence-electron chi connectivity index (χ1n) is 4.64. The quantitative estimate of drug-likeness (QED) is 0.760. The van der Waals surface area contributed by atoms with Crippen molar-refractivity contribution < 1.29 is 0 Å². The molecule has 80 valence electrons. The summed E-state index contributed by atoms with van der Waals surface area (Å²) >= 11 is 9.01. The van der Waals surface area contributed by atoms with Crippen molar-refractivity contribution in [2.45, 2.75) is 10.6 Å². The molecule has 1 aromatic carbocycles. The van der Waals surface area contributed by atoms with Crippen LogP contribution in [0.3, 0.4) is 0 Å². The lowest BCUT2D eigenvalue weighted by Crippen LogP contribution is -1.80. The fraction of sp³-hybridized carbons (Fsp3) is 0.0833. The Morgan fingerprint density at radius 2 is 2.00 bits per heavy atom. The van der Waals surface area contributed by atoms with E-state index >= 15 is 0 Å². The summed E-state index contributed by atoms with van der Waals surface area (Å²) < 4.78 is 0. The van der Waals surface area contributed by atoms with Gasteiger partial charge in [-0.2, -0.15) is 5.26 Å². The van der Waals surface area contributed by atoms with Gasteiger partial charge in [0.25, 0.3) is 0 Å². The molecule has 0 fully saturated rings. The highest BCUT2D eigenvalue weighted by Crippen LogP contribution is 2.27. The summed E-state index contributed by atoms with van der Waals surface area (Å²) in [5, 5.41) is 11.6.